The van der Waals surface area contributed by atoms with Crippen LogP contribution < -0.4 is 0 Å². The summed E-state index contributed by atoms with van der Waals surface area (Å²) in [5, 5.41) is 0.288. The van der Waals surface area contributed by atoms with Crippen LogP contribution in [0.3, 0.4) is 0 Å². The highest BCUT2D eigenvalue weighted by molar-refractivity contribution is 6.76. The Morgan fingerprint density at radius 2 is 1.49 bits per heavy atom. The van der Waals surface area contributed by atoms with Gasteiger partial charge in [0.1, 0.15) is 5.60 Å². The minimum Gasteiger partial charge on any atom is -0.413 e. The lowest BCUT2D eigenvalue weighted by Crippen LogP contribution is -2.57. The van der Waals surface area contributed by atoms with Crippen LogP contribution in [0.25, 0.3) is 0 Å². The molecule has 0 aromatic rings. The standard InChI is InChI=1S/C34H60O2Si3/c1-28(23-26-35-38(14,15)31(3,4)5)20-21-30-19-18-24-34(33(30,9)10,36-39(16,17)32(6,7)8)25-22-29(2)27-37(11,12)13/h19,23H,2,18,24,26-27H2,1,3-17H3/b28-23-. The van der Waals surface area contributed by atoms with E-state index >= 15 is 0 Å². The van der Waals surface area contributed by atoms with E-state index in [2.05, 4.69) is 151 Å². The number of hydrogen-bond acceptors (Lipinski definition) is 2. The van der Waals surface area contributed by atoms with Crippen LogP contribution in [0, 0.1) is 29.1 Å². The molecule has 220 valence electrons. The van der Waals surface area contributed by atoms with Crippen LogP contribution in [0.15, 0.2) is 35.5 Å². The molecule has 0 saturated heterocycles. The highest BCUT2D eigenvalue weighted by Gasteiger charge is 2.53. The van der Waals surface area contributed by atoms with Gasteiger partial charge in [0.25, 0.3) is 0 Å². The summed E-state index contributed by atoms with van der Waals surface area (Å²) in [6, 6.07) is 1.01. The van der Waals surface area contributed by atoms with Gasteiger partial charge in [-0.05, 0) is 79.3 Å². The molecule has 1 unspecified atom stereocenters. The molecule has 1 aliphatic carbocycles. The molecule has 1 aliphatic rings. The summed E-state index contributed by atoms with van der Waals surface area (Å²) in [6.45, 7) is 41.7. The fourth-order valence-electron chi connectivity index (χ4n) is 4.11. The Balaban J connectivity index is 3.43. The second-order valence-electron chi connectivity index (χ2n) is 16.3. The lowest BCUT2D eigenvalue weighted by Gasteiger charge is -2.52. The van der Waals surface area contributed by atoms with E-state index in [1.165, 1.54) is 0 Å². The topological polar surface area (TPSA) is 18.5 Å². The molecular weight excluding hydrogens is 525 g/mol. The van der Waals surface area contributed by atoms with Gasteiger partial charge in [-0.15, -0.1) is 0 Å². The van der Waals surface area contributed by atoms with E-state index in [0.717, 1.165) is 35.6 Å². The van der Waals surface area contributed by atoms with Crippen LogP contribution in [0.1, 0.15) is 75.2 Å². The summed E-state index contributed by atoms with van der Waals surface area (Å²) in [4.78, 5) is 0. The minimum absolute atomic E-state index is 0.0869. The van der Waals surface area contributed by atoms with Gasteiger partial charge >= 0.3 is 0 Å². The lowest BCUT2D eigenvalue weighted by atomic mass is 9.64. The summed E-state index contributed by atoms with van der Waals surface area (Å²) in [5.74, 6) is 14.2. The van der Waals surface area contributed by atoms with Crippen molar-refractivity contribution in [1.82, 2.24) is 0 Å². The first-order chi connectivity index (χ1) is 17.3. The van der Waals surface area contributed by atoms with Gasteiger partial charge in [-0.1, -0.05) is 111 Å². The molecule has 0 saturated carbocycles. The monoisotopic (exact) mass is 584 g/mol. The Morgan fingerprint density at radius 1 is 0.949 bits per heavy atom. The van der Waals surface area contributed by atoms with Crippen molar-refractivity contribution in [3.8, 4) is 23.7 Å². The molecule has 0 radical (unpaired) electrons. The maximum atomic E-state index is 7.29. The second kappa shape index (κ2) is 12.4. The van der Waals surface area contributed by atoms with Crippen molar-refractivity contribution in [1.29, 1.82) is 0 Å². The molecule has 0 aromatic carbocycles. The first kappa shape index (κ1) is 35.9. The molecule has 2 nitrogen and oxygen atoms in total. The van der Waals surface area contributed by atoms with E-state index in [-0.39, 0.29) is 15.5 Å². The SMILES string of the molecule is C=C(C#CC1(O[Si](C)(C)C(C)(C)C)CCC=C(C#C/C(C)=C\CO[Si](C)(C)C(C)(C)C)C1(C)C)C[Si](C)(C)C. The van der Waals surface area contributed by atoms with Crippen LogP contribution >= 0.6 is 0 Å². The first-order valence-electron chi connectivity index (χ1n) is 14.7. The van der Waals surface area contributed by atoms with E-state index in [4.69, 9.17) is 8.85 Å². The van der Waals surface area contributed by atoms with Crippen molar-refractivity contribution < 1.29 is 8.85 Å². The average Bonchev–Trinajstić information content (AvgIpc) is 2.70. The van der Waals surface area contributed by atoms with Crippen LogP contribution in [0.5, 0.6) is 0 Å². The highest BCUT2D eigenvalue weighted by Crippen LogP contribution is 2.51. The van der Waals surface area contributed by atoms with Gasteiger partial charge in [0, 0.05) is 19.1 Å². The summed E-state index contributed by atoms with van der Waals surface area (Å²) < 4.78 is 13.6. The van der Waals surface area contributed by atoms with Gasteiger partial charge in [0.15, 0.2) is 16.6 Å². The van der Waals surface area contributed by atoms with Gasteiger partial charge in [0.05, 0.1) is 6.61 Å². The molecule has 0 aromatic heterocycles. The molecule has 0 amide bonds. The molecule has 5 heteroatoms. The molecule has 0 N–H and O–H groups in total. The lowest BCUT2D eigenvalue weighted by molar-refractivity contribution is 0.00758. The van der Waals surface area contributed by atoms with Crippen LogP contribution in [0.4, 0.5) is 0 Å². The predicted octanol–water partition coefficient (Wildman–Crippen LogP) is 10.4. The molecule has 39 heavy (non-hydrogen) atoms. The predicted molar refractivity (Wildman–Crippen MR) is 182 cm³/mol. The maximum absolute atomic E-state index is 7.29. The van der Waals surface area contributed by atoms with Crippen LogP contribution in [0.2, 0.25) is 61.9 Å². The van der Waals surface area contributed by atoms with Crippen LogP contribution in [-0.4, -0.2) is 36.9 Å². The first-order valence-corrected chi connectivity index (χ1v) is 24.2. The summed E-state index contributed by atoms with van der Waals surface area (Å²) in [5.41, 5.74) is 2.25. The molecule has 0 heterocycles. The molecule has 0 spiro atoms. The zero-order chi connectivity index (χ0) is 30.7. The Labute approximate surface area is 246 Å². The van der Waals surface area contributed by atoms with Crippen molar-refractivity contribution >= 4 is 24.7 Å². The zero-order valence-electron chi connectivity index (χ0n) is 28.5. The van der Waals surface area contributed by atoms with Crippen molar-refractivity contribution in [2.45, 2.75) is 143 Å². The average molecular weight is 585 g/mol. The highest BCUT2D eigenvalue weighted by atomic mass is 28.4. The fourth-order valence-corrected chi connectivity index (χ4v) is 7.99. The van der Waals surface area contributed by atoms with E-state index in [0.29, 0.717) is 6.61 Å². The van der Waals surface area contributed by atoms with Gasteiger partial charge in [-0.2, -0.15) is 0 Å². The maximum Gasteiger partial charge on any atom is 0.194 e. The Morgan fingerprint density at radius 3 is 1.97 bits per heavy atom. The van der Waals surface area contributed by atoms with E-state index in [9.17, 15) is 0 Å². The number of allylic oxidation sites excluding steroid dienone is 3. The molecule has 0 bridgehead atoms. The Hall–Kier alpha value is -1.09. The summed E-state index contributed by atoms with van der Waals surface area (Å²) >= 11 is 0. The normalized spacial score (nSPS) is 20.8. The number of rotatable bonds is 7. The minimum atomic E-state index is -2.12. The smallest absolute Gasteiger partial charge is 0.194 e. The summed E-state index contributed by atoms with van der Waals surface area (Å²) in [7, 11) is -5.20. The van der Waals surface area contributed by atoms with E-state index < -0.39 is 30.3 Å². The van der Waals surface area contributed by atoms with Crippen molar-refractivity contribution in [3.05, 3.63) is 35.5 Å². The fraction of sp³-hybridized carbons (Fsp3) is 0.706. The Kier molecular flexibility index (Phi) is 11.4. The van der Waals surface area contributed by atoms with Crippen molar-refractivity contribution in [2.24, 2.45) is 5.41 Å². The molecule has 0 fully saturated rings. The van der Waals surface area contributed by atoms with Gasteiger partial charge in [-0.25, -0.2) is 0 Å². The third kappa shape index (κ3) is 9.75. The van der Waals surface area contributed by atoms with Gasteiger partial charge < -0.3 is 8.85 Å². The van der Waals surface area contributed by atoms with Gasteiger partial charge in [-0.3, -0.25) is 0 Å². The van der Waals surface area contributed by atoms with Gasteiger partial charge in [0.2, 0.25) is 0 Å². The van der Waals surface area contributed by atoms with Crippen molar-refractivity contribution in [2.75, 3.05) is 6.61 Å². The zero-order valence-corrected chi connectivity index (χ0v) is 31.5. The van der Waals surface area contributed by atoms with E-state index in [1.54, 1.807) is 0 Å². The quantitative estimate of drug-likeness (QED) is 0.219. The second-order valence-corrected chi connectivity index (χ2v) is 31.3. The third-order valence-corrected chi connectivity index (χ3v) is 19.4. The molecule has 1 rings (SSSR count). The third-order valence-electron chi connectivity index (χ3n) is 8.98. The molecule has 0 aliphatic heterocycles. The van der Waals surface area contributed by atoms with Crippen LogP contribution in [-0.2, 0) is 8.85 Å². The summed E-state index contributed by atoms with van der Waals surface area (Å²) in [6.07, 6.45) is 6.22. The number of hydrogen-bond donors (Lipinski definition) is 0. The van der Waals surface area contributed by atoms with Crippen molar-refractivity contribution in [3.63, 3.8) is 0 Å². The molecular formula is C34H60O2Si3. The van der Waals surface area contributed by atoms with E-state index in [1.807, 2.05) is 0 Å². The largest absolute Gasteiger partial charge is 0.413 e. The molecule has 1 atom stereocenters. The Bertz CT molecular complexity index is 1080.